The summed E-state index contributed by atoms with van der Waals surface area (Å²) >= 11 is 0. The first-order valence-corrected chi connectivity index (χ1v) is 10.2. The molecule has 9 heteroatoms. The number of halogens is 2. The van der Waals surface area contributed by atoms with Crippen LogP contribution in [0.3, 0.4) is 0 Å². The van der Waals surface area contributed by atoms with E-state index in [1.54, 1.807) is 36.7 Å². The number of aldehydes is 1. The summed E-state index contributed by atoms with van der Waals surface area (Å²) in [4.78, 5) is 28.5. The van der Waals surface area contributed by atoms with E-state index in [0.717, 1.165) is 24.7 Å². The van der Waals surface area contributed by atoms with Gasteiger partial charge in [0.25, 0.3) is 5.91 Å². The van der Waals surface area contributed by atoms with Gasteiger partial charge in [0.2, 0.25) is 0 Å². The van der Waals surface area contributed by atoms with Gasteiger partial charge in [0.15, 0.2) is 0 Å². The van der Waals surface area contributed by atoms with E-state index in [-0.39, 0.29) is 23.1 Å². The highest BCUT2D eigenvalue weighted by Crippen LogP contribution is 2.46. The predicted molar refractivity (Wildman–Crippen MR) is 113 cm³/mol. The van der Waals surface area contributed by atoms with Gasteiger partial charge in [-0.25, -0.2) is 4.98 Å². The number of alkyl halides is 2. The van der Waals surface area contributed by atoms with Crippen molar-refractivity contribution in [3.8, 4) is 22.8 Å². The lowest BCUT2D eigenvalue weighted by atomic mass is 9.99. The number of imidazole rings is 1. The summed E-state index contributed by atoms with van der Waals surface area (Å²) in [7, 11) is 1.35. The molecule has 168 valence electrons. The third kappa shape index (κ3) is 3.90. The Morgan fingerprint density at radius 3 is 2.56 bits per heavy atom. The van der Waals surface area contributed by atoms with Gasteiger partial charge in [-0.3, -0.25) is 9.20 Å². The number of nitrogens with one attached hydrogen (secondary N) is 1. The van der Waals surface area contributed by atoms with E-state index in [1.165, 1.54) is 13.2 Å². The van der Waals surface area contributed by atoms with Gasteiger partial charge in [-0.15, -0.1) is 0 Å². The number of hydrogen-bond donors (Lipinski definition) is 1. The number of methoxy groups -OCH3 is 1. The van der Waals surface area contributed by atoms with Crippen molar-refractivity contribution in [2.75, 3.05) is 7.11 Å². The predicted octanol–water partition coefficient (Wildman–Crippen LogP) is 3.98. The summed E-state index contributed by atoms with van der Waals surface area (Å²) in [5.41, 5.74) is 2.05. The topological polar surface area (TPSA) is 81.9 Å². The quantitative estimate of drug-likeness (QED) is 0.533. The van der Waals surface area contributed by atoms with Gasteiger partial charge in [-0.2, -0.15) is 8.78 Å². The highest BCUT2D eigenvalue weighted by molar-refractivity contribution is 6.00. The van der Waals surface area contributed by atoms with E-state index in [4.69, 9.17) is 4.74 Å². The Kier molecular flexibility index (Phi) is 5.58. The van der Waals surface area contributed by atoms with Crippen molar-refractivity contribution in [1.82, 2.24) is 14.7 Å². The first kappa shape index (κ1) is 21.7. The van der Waals surface area contributed by atoms with Crippen LogP contribution in [0.2, 0.25) is 0 Å². The second-order valence-electron chi connectivity index (χ2n) is 8.12. The monoisotopic (exact) mass is 443 g/mol. The average molecular weight is 443 g/mol. The molecule has 1 aromatic carbocycles. The maximum absolute atomic E-state index is 13.1. The van der Waals surface area contributed by atoms with Crippen molar-refractivity contribution in [1.29, 1.82) is 0 Å². The van der Waals surface area contributed by atoms with Crippen LogP contribution in [-0.2, 0) is 10.2 Å². The normalized spacial score (nSPS) is 14.6. The van der Waals surface area contributed by atoms with Crippen molar-refractivity contribution in [3.05, 3.63) is 47.8 Å². The summed E-state index contributed by atoms with van der Waals surface area (Å²) < 4.78 is 38.1. The van der Waals surface area contributed by atoms with Gasteiger partial charge in [-0.05, 0) is 56.5 Å². The van der Waals surface area contributed by atoms with E-state index >= 15 is 0 Å². The Morgan fingerprint density at radius 1 is 1.25 bits per heavy atom. The summed E-state index contributed by atoms with van der Waals surface area (Å²) in [5.74, 6) is -0.775. The van der Waals surface area contributed by atoms with Gasteiger partial charge in [0.1, 0.15) is 29.0 Å². The Bertz CT molecular complexity index is 1190. The number of hydrogen-bond acceptors (Lipinski definition) is 5. The number of carbonyl (C=O) groups is 2. The molecule has 1 aliphatic rings. The molecule has 1 aliphatic carbocycles. The smallest absolute Gasteiger partial charge is 0.387 e. The molecule has 1 saturated carbocycles. The molecule has 1 fully saturated rings. The molecule has 0 spiro atoms. The molecule has 2 heterocycles. The molecular formula is C23H23F2N3O4. The highest BCUT2D eigenvalue weighted by Gasteiger charge is 2.44. The lowest BCUT2D eigenvalue weighted by molar-refractivity contribution is -0.109. The van der Waals surface area contributed by atoms with Crippen LogP contribution in [0.5, 0.6) is 11.5 Å². The Morgan fingerprint density at radius 2 is 1.97 bits per heavy atom. The molecular weight excluding hydrogens is 420 g/mol. The number of fused-ring (bicyclic) bond motifs is 1. The summed E-state index contributed by atoms with van der Waals surface area (Å²) in [6.45, 7) is 0.397. The zero-order valence-corrected chi connectivity index (χ0v) is 17.9. The van der Waals surface area contributed by atoms with Crippen molar-refractivity contribution in [2.45, 2.75) is 44.8 Å². The fourth-order valence-electron chi connectivity index (χ4n) is 3.76. The number of aromatic nitrogens is 2. The minimum atomic E-state index is -3.12. The van der Waals surface area contributed by atoms with Crippen LogP contribution in [0.1, 0.15) is 42.6 Å². The lowest BCUT2D eigenvalue weighted by Gasteiger charge is -2.17. The summed E-state index contributed by atoms with van der Waals surface area (Å²) in [6.07, 6.45) is 5.98. The van der Waals surface area contributed by atoms with Crippen LogP contribution in [0.15, 0.2) is 36.7 Å². The third-order valence-corrected chi connectivity index (χ3v) is 5.55. The van der Waals surface area contributed by atoms with Crippen LogP contribution >= 0.6 is 0 Å². The van der Waals surface area contributed by atoms with Crippen molar-refractivity contribution in [2.24, 2.45) is 0 Å². The zero-order chi connectivity index (χ0) is 23.0. The van der Waals surface area contributed by atoms with Gasteiger partial charge in [0.05, 0.1) is 24.4 Å². The maximum Gasteiger partial charge on any atom is 0.387 e. The molecule has 0 bridgehead atoms. The van der Waals surface area contributed by atoms with Crippen LogP contribution in [0.25, 0.3) is 16.9 Å². The molecule has 0 aliphatic heterocycles. The summed E-state index contributed by atoms with van der Waals surface area (Å²) in [5, 5.41) is 2.67. The maximum atomic E-state index is 13.1. The van der Waals surface area contributed by atoms with Crippen molar-refractivity contribution < 1.29 is 27.8 Å². The SMILES string of the molecule is COc1cc(-c2cnc3cc(C4(C=O)CC4)ccn23)cc(OC(F)F)c1C(=O)NC(C)C. The zero-order valence-electron chi connectivity index (χ0n) is 17.9. The first-order chi connectivity index (χ1) is 15.3. The molecule has 32 heavy (non-hydrogen) atoms. The van der Waals surface area contributed by atoms with Crippen LogP contribution < -0.4 is 14.8 Å². The molecule has 4 rings (SSSR count). The summed E-state index contributed by atoms with van der Waals surface area (Å²) in [6, 6.07) is 6.45. The van der Waals surface area contributed by atoms with E-state index < -0.39 is 17.9 Å². The van der Waals surface area contributed by atoms with Gasteiger partial charge >= 0.3 is 6.61 Å². The van der Waals surface area contributed by atoms with Gasteiger partial charge in [-0.1, -0.05) is 0 Å². The second kappa shape index (κ2) is 8.22. The number of benzene rings is 1. The Balaban J connectivity index is 1.82. The number of ether oxygens (including phenoxy) is 2. The van der Waals surface area contributed by atoms with Gasteiger partial charge in [0, 0.05) is 17.8 Å². The van der Waals surface area contributed by atoms with Crippen LogP contribution in [0.4, 0.5) is 8.78 Å². The molecule has 1 N–H and O–H groups in total. The van der Waals surface area contributed by atoms with E-state index in [2.05, 4.69) is 15.0 Å². The molecule has 0 atom stereocenters. The minimum absolute atomic E-state index is 0.0979. The largest absolute Gasteiger partial charge is 0.496 e. The van der Waals surface area contributed by atoms with Crippen LogP contribution in [-0.4, -0.2) is 41.3 Å². The van der Waals surface area contributed by atoms with E-state index in [1.807, 2.05) is 12.1 Å². The van der Waals surface area contributed by atoms with Crippen molar-refractivity contribution >= 4 is 17.8 Å². The molecule has 0 radical (unpaired) electrons. The average Bonchev–Trinajstić information content (AvgIpc) is 3.44. The molecule has 0 unspecified atom stereocenters. The lowest BCUT2D eigenvalue weighted by Crippen LogP contribution is -2.31. The number of rotatable bonds is 8. The number of pyridine rings is 1. The number of nitrogens with zero attached hydrogens (tertiary/aromatic N) is 2. The molecule has 1 amide bonds. The number of amides is 1. The molecule has 2 aromatic heterocycles. The molecule has 7 nitrogen and oxygen atoms in total. The fraction of sp³-hybridized carbons (Fsp3) is 0.348. The Labute approximate surface area is 183 Å². The highest BCUT2D eigenvalue weighted by atomic mass is 19.3. The first-order valence-electron chi connectivity index (χ1n) is 10.2. The minimum Gasteiger partial charge on any atom is -0.496 e. The molecule has 0 saturated heterocycles. The molecule has 3 aromatic rings. The number of carbonyl (C=O) groups excluding carboxylic acids is 2. The second-order valence-corrected chi connectivity index (χ2v) is 8.12. The van der Waals surface area contributed by atoms with Crippen LogP contribution in [0, 0.1) is 0 Å². The fourth-order valence-corrected chi connectivity index (χ4v) is 3.76. The Hall–Kier alpha value is -3.49. The van der Waals surface area contributed by atoms with Gasteiger partial charge < -0.3 is 19.6 Å². The van der Waals surface area contributed by atoms with Crippen molar-refractivity contribution in [3.63, 3.8) is 0 Å². The van der Waals surface area contributed by atoms with E-state index in [9.17, 15) is 18.4 Å². The van der Waals surface area contributed by atoms with E-state index in [0.29, 0.717) is 16.9 Å². The standard InChI is InChI=1S/C23H23F2N3O4/c1-13(2)27-21(30)20-17(31-3)8-14(9-18(20)32-22(24)25)16-11-26-19-10-15(4-7-28(16)19)23(12-29)5-6-23/h4,7-13,22H,5-6H2,1-3H3,(H,27,30). The third-order valence-electron chi connectivity index (χ3n) is 5.55.